The van der Waals surface area contributed by atoms with Crippen LogP contribution in [0.1, 0.15) is 45.4 Å². The molecule has 0 atom stereocenters. The lowest BCUT2D eigenvalue weighted by Crippen LogP contribution is -2.14. The lowest BCUT2D eigenvalue weighted by molar-refractivity contribution is -0.137. The average molecular weight is 504 g/mol. The van der Waals surface area contributed by atoms with Crippen LogP contribution in [0.2, 0.25) is 0 Å². The Kier molecular flexibility index (Phi) is 6.46. The fourth-order valence-electron chi connectivity index (χ4n) is 3.79. The summed E-state index contributed by atoms with van der Waals surface area (Å²) in [6.45, 7) is 2.16. The van der Waals surface area contributed by atoms with Crippen molar-refractivity contribution in [1.82, 2.24) is 9.55 Å². The van der Waals surface area contributed by atoms with E-state index < -0.39 is 29.2 Å². The number of aromatic carboxylic acids is 1. The molecule has 188 valence electrons. The number of carboxylic acid groups (broad SMARTS) is 1. The topological polar surface area (TPSA) is 64.3 Å². The standard InChI is InChI=1S/C26H21F5N2O3/c1-15-3-8-21-22(9-15)33(23(32-21)14-36-20-6-4-17(5-7-20)24(34)35)13-16-10-18(25(2,27)28)12-19(11-16)26(29,30)31/h3-12H,13-14H2,1-2H3,(H,34,35). The number of aromatic nitrogens is 2. The van der Waals surface area contributed by atoms with Crippen LogP contribution in [0.15, 0.2) is 60.7 Å². The quantitative estimate of drug-likeness (QED) is 0.281. The van der Waals surface area contributed by atoms with E-state index in [4.69, 9.17) is 9.84 Å². The molecule has 0 fully saturated rings. The lowest BCUT2D eigenvalue weighted by atomic mass is 10.0. The van der Waals surface area contributed by atoms with E-state index in [2.05, 4.69) is 4.98 Å². The van der Waals surface area contributed by atoms with Gasteiger partial charge >= 0.3 is 12.1 Å². The number of ether oxygens (including phenoxy) is 1. The van der Waals surface area contributed by atoms with Crippen LogP contribution in [-0.4, -0.2) is 20.6 Å². The highest BCUT2D eigenvalue weighted by molar-refractivity contribution is 5.87. The Labute approximate surface area is 202 Å². The Balaban J connectivity index is 1.73. The van der Waals surface area contributed by atoms with Crippen LogP contribution in [0.25, 0.3) is 11.0 Å². The van der Waals surface area contributed by atoms with Crippen LogP contribution in [0.3, 0.4) is 0 Å². The first kappa shape index (κ1) is 25.2. The van der Waals surface area contributed by atoms with Crippen LogP contribution < -0.4 is 4.74 Å². The second-order valence-corrected chi connectivity index (χ2v) is 8.53. The summed E-state index contributed by atoms with van der Waals surface area (Å²) < 4.78 is 75.8. The third-order valence-corrected chi connectivity index (χ3v) is 5.62. The third-order valence-electron chi connectivity index (χ3n) is 5.62. The summed E-state index contributed by atoms with van der Waals surface area (Å²) in [5.41, 5.74) is 0.278. The van der Waals surface area contributed by atoms with Gasteiger partial charge < -0.3 is 14.4 Å². The van der Waals surface area contributed by atoms with Gasteiger partial charge in [0, 0.05) is 19.0 Å². The summed E-state index contributed by atoms with van der Waals surface area (Å²) in [4.78, 5) is 15.6. The van der Waals surface area contributed by atoms with Gasteiger partial charge in [-0.25, -0.2) is 18.6 Å². The van der Waals surface area contributed by atoms with E-state index in [-0.39, 0.29) is 24.3 Å². The van der Waals surface area contributed by atoms with E-state index in [0.717, 1.165) is 17.7 Å². The van der Waals surface area contributed by atoms with Gasteiger partial charge in [-0.2, -0.15) is 13.2 Å². The van der Waals surface area contributed by atoms with Crippen molar-refractivity contribution in [1.29, 1.82) is 0 Å². The van der Waals surface area contributed by atoms with Crippen LogP contribution in [-0.2, 0) is 25.3 Å². The van der Waals surface area contributed by atoms with E-state index in [1.54, 1.807) is 16.7 Å². The van der Waals surface area contributed by atoms with E-state index >= 15 is 0 Å². The Morgan fingerprint density at radius 3 is 2.25 bits per heavy atom. The fourth-order valence-corrected chi connectivity index (χ4v) is 3.79. The largest absolute Gasteiger partial charge is 0.486 e. The molecule has 0 aliphatic heterocycles. The molecule has 36 heavy (non-hydrogen) atoms. The van der Waals surface area contributed by atoms with Gasteiger partial charge in [-0.15, -0.1) is 0 Å². The second kappa shape index (κ2) is 9.25. The highest BCUT2D eigenvalue weighted by Gasteiger charge is 2.34. The predicted octanol–water partition coefficient (Wildman–Crippen LogP) is 6.80. The van der Waals surface area contributed by atoms with Crippen molar-refractivity contribution in [3.05, 3.63) is 94.3 Å². The number of fused-ring (bicyclic) bond motifs is 1. The molecule has 0 aliphatic carbocycles. The molecule has 1 aromatic heterocycles. The van der Waals surface area contributed by atoms with Crippen molar-refractivity contribution in [2.24, 2.45) is 0 Å². The average Bonchev–Trinajstić information content (AvgIpc) is 3.13. The van der Waals surface area contributed by atoms with Crippen LogP contribution in [0.4, 0.5) is 22.0 Å². The second-order valence-electron chi connectivity index (χ2n) is 8.53. The number of imidazole rings is 1. The molecule has 0 radical (unpaired) electrons. The van der Waals surface area contributed by atoms with Gasteiger partial charge in [-0.3, -0.25) is 0 Å². The van der Waals surface area contributed by atoms with Crippen LogP contribution in [0, 0.1) is 6.92 Å². The summed E-state index contributed by atoms with van der Waals surface area (Å²) in [7, 11) is 0. The van der Waals surface area contributed by atoms with Gasteiger partial charge in [0.1, 0.15) is 18.2 Å². The SMILES string of the molecule is Cc1ccc2nc(COc3ccc(C(=O)O)cc3)n(Cc3cc(C(C)(F)F)cc(C(F)(F)F)c3)c2c1. The molecule has 3 aromatic carbocycles. The predicted molar refractivity (Wildman–Crippen MR) is 122 cm³/mol. The normalized spacial score (nSPS) is 12.2. The Morgan fingerprint density at radius 2 is 1.64 bits per heavy atom. The van der Waals surface area contributed by atoms with Gasteiger partial charge in [0.05, 0.1) is 22.2 Å². The molecule has 1 N–H and O–H groups in total. The number of hydrogen-bond donors (Lipinski definition) is 1. The minimum Gasteiger partial charge on any atom is -0.486 e. The summed E-state index contributed by atoms with van der Waals surface area (Å²) in [6, 6.07) is 13.5. The van der Waals surface area contributed by atoms with Crippen molar-refractivity contribution in [3.8, 4) is 5.75 Å². The van der Waals surface area contributed by atoms with Crippen LogP contribution in [0.5, 0.6) is 5.75 Å². The third kappa shape index (κ3) is 5.48. The lowest BCUT2D eigenvalue weighted by Gasteiger charge is -2.17. The Morgan fingerprint density at radius 1 is 0.972 bits per heavy atom. The zero-order valence-electron chi connectivity index (χ0n) is 19.2. The zero-order chi connectivity index (χ0) is 26.3. The summed E-state index contributed by atoms with van der Waals surface area (Å²) in [5, 5.41) is 9.03. The van der Waals surface area contributed by atoms with Gasteiger partial charge in [0.2, 0.25) is 0 Å². The van der Waals surface area contributed by atoms with Crippen molar-refractivity contribution >= 4 is 17.0 Å². The number of halogens is 5. The molecule has 1 heterocycles. The molecule has 0 saturated heterocycles. The number of carboxylic acids is 1. The van der Waals surface area contributed by atoms with E-state index in [1.807, 2.05) is 13.0 Å². The van der Waals surface area contributed by atoms with E-state index in [0.29, 0.717) is 35.6 Å². The van der Waals surface area contributed by atoms with E-state index in [1.165, 1.54) is 24.3 Å². The summed E-state index contributed by atoms with van der Waals surface area (Å²) in [5.74, 6) is -3.82. The minimum atomic E-state index is -4.79. The maximum absolute atomic E-state index is 14.0. The monoisotopic (exact) mass is 504 g/mol. The molecule has 0 aliphatic rings. The first-order chi connectivity index (χ1) is 16.8. The molecular formula is C26H21F5N2O3. The van der Waals surface area contributed by atoms with E-state index in [9.17, 15) is 26.7 Å². The highest BCUT2D eigenvalue weighted by Crippen LogP contribution is 2.36. The molecular weight excluding hydrogens is 483 g/mol. The Bertz CT molecular complexity index is 1390. The zero-order valence-corrected chi connectivity index (χ0v) is 19.2. The first-order valence-electron chi connectivity index (χ1n) is 10.8. The van der Waals surface area contributed by atoms with Crippen molar-refractivity contribution in [2.75, 3.05) is 0 Å². The fraction of sp³-hybridized carbons (Fsp3) is 0.231. The number of carbonyl (C=O) groups is 1. The number of hydrogen-bond acceptors (Lipinski definition) is 3. The van der Waals surface area contributed by atoms with Crippen LogP contribution >= 0.6 is 0 Å². The highest BCUT2D eigenvalue weighted by atomic mass is 19.4. The van der Waals surface area contributed by atoms with Gasteiger partial charge in [0.25, 0.3) is 5.92 Å². The molecule has 0 saturated carbocycles. The number of nitrogens with zero attached hydrogens (tertiary/aromatic N) is 2. The van der Waals surface area contributed by atoms with Crippen molar-refractivity contribution in [2.45, 2.75) is 39.1 Å². The number of rotatable bonds is 7. The maximum Gasteiger partial charge on any atom is 0.416 e. The number of benzene rings is 3. The number of alkyl halides is 5. The number of aryl methyl sites for hydroxylation is 1. The summed E-state index contributed by atoms with van der Waals surface area (Å²) in [6.07, 6.45) is -4.79. The van der Waals surface area contributed by atoms with Crippen molar-refractivity contribution < 1.29 is 36.6 Å². The molecule has 0 unspecified atom stereocenters. The Hall–Kier alpha value is -3.95. The molecule has 5 nitrogen and oxygen atoms in total. The van der Waals surface area contributed by atoms with Gasteiger partial charge in [0.15, 0.2) is 0 Å². The molecule has 10 heteroatoms. The molecule has 0 amide bonds. The van der Waals surface area contributed by atoms with Crippen molar-refractivity contribution in [3.63, 3.8) is 0 Å². The smallest absolute Gasteiger partial charge is 0.416 e. The minimum absolute atomic E-state index is 0.0363. The van der Waals surface area contributed by atoms with Gasteiger partial charge in [-0.05, 0) is 72.6 Å². The maximum atomic E-state index is 14.0. The molecule has 4 rings (SSSR count). The van der Waals surface area contributed by atoms with Gasteiger partial charge in [-0.1, -0.05) is 6.07 Å². The first-order valence-corrected chi connectivity index (χ1v) is 10.8. The summed E-state index contributed by atoms with van der Waals surface area (Å²) >= 11 is 0. The molecule has 0 bridgehead atoms. The molecule has 0 spiro atoms. The molecule has 4 aromatic rings.